The van der Waals surface area contributed by atoms with Crippen LogP contribution >= 0.6 is 11.8 Å². The largest absolute Gasteiger partial charge is 0.378 e. The van der Waals surface area contributed by atoms with Gasteiger partial charge in [0.25, 0.3) is 0 Å². The number of thioether (sulfide) groups is 1. The van der Waals surface area contributed by atoms with Crippen LogP contribution in [0.1, 0.15) is 52.1 Å². The molecule has 1 fully saturated rings. The van der Waals surface area contributed by atoms with Gasteiger partial charge in [-0.2, -0.15) is 0 Å². The maximum absolute atomic E-state index is 5.89. The fraction of sp³-hybridized carbons (Fsp3) is 0.667. The van der Waals surface area contributed by atoms with Crippen molar-refractivity contribution in [3.05, 3.63) is 29.8 Å². The molecule has 2 nitrogen and oxygen atoms in total. The molecule has 0 radical (unpaired) electrons. The highest BCUT2D eigenvalue weighted by molar-refractivity contribution is 7.98. The van der Waals surface area contributed by atoms with E-state index in [0.29, 0.717) is 18.2 Å². The van der Waals surface area contributed by atoms with Gasteiger partial charge in [-0.05, 0) is 50.6 Å². The van der Waals surface area contributed by atoms with Gasteiger partial charge in [-0.1, -0.05) is 26.0 Å². The summed E-state index contributed by atoms with van der Waals surface area (Å²) in [7, 11) is 0. The van der Waals surface area contributed by atoms with Gasteiger partial charge in [0.2, 0.25) is 0 Å². The molecule has 0 heterocycles. The molecule has 0 bridgehead atoms. The van der Waals surface area contributed by atoms with Crippen LogP contribution in [-0.2, 0) is 4.74 Å². The molecule has 2 rings (SSSR count). The van der Waals surface area contributed by atoms with Crippen LogP contribution in [-0.4, -0.2) is 25.0 Å². The molecule has 0 spiro atoms. The summed E-state index contributed by atoms with van der Waals surface area (Å²) >= 11 is 1.79. The summed E-state index contributed by atoms with van der Waals surface area (Å²) < 4.78 is 5.89. The topological polar surface area (TPSA) is 21.3 Å². The highest BCUT2D eigenvalue weighted by atomic mass is 32.2. The van der Waals surface area contributed by atoms with E-state index in [9.17, 15) is 0 Å². The molecular formula is C18H29NOS. The fourth-order valence-corrected chi connectivity index (χ4v) is 3.71. The Morgan fingerprint density at radius 3 is 2.52 bits per heavy atom. The predicted octanol–water partition coefficient (Wildman–Crippen LogP) is 4.65. The maximum atomic E-state index is 5.89. The SMILES string of the molecule is CCOC1CC(NC(C)c2ccc(SC)cc2)C1(C)CC. The number of hydrogen-bond acceptors (Lipinski definition) is 3. The maximum Gasteiger partial charge on any atom is 0.0658 e. The van der Waals surface area contributed by atoms with E-state index in [-0.39, 0.29) is 5.41 Å². The lowest BCUT2D eigenvalue weighted by Gasteiger charge is -2.54. The summed E-state index contributed by atoms with van der Waals surface area (Å²) in [5.74, 6) is 0. The zero-order valence-electron chi connectivity index (χ0n) is 14.0. The number of benzene rings is 1. The van der Waals surface area contributed by atoms with Gasteiger partial charge < -0.3 is 10.1 Å². The second-order valence-electron chi connectivity index (χ2n) is 6.25. The molecule has 0 aliphatic heterocycles. The van der Waals surface area contributed by atoms with Crippen molar-refractivity contribution >= 4 is 11.8 Å². The van der Waals surface area contributed by atoms with Crippen molar-refractivity contribution in [3.63, 3.8) is 0 Å². The van der Waals surface area contributed by atoms with Gasteiger partial charge in [-0.3, -0.25) is 0 Å². The highest BCUT2D eigenvalue weighted by Crippen LogP contribution is 2.46. The van der Waals surface area contributed by atoms with Crippen LogP contribution in [0.4, 0.5) is 0 Å². The smallest absolute Gasteiger partial charge is 0.0658 e. The highest BCUT2D eigenvalue weighted by Gasteiger charge is 2.51. The van der Waals surface area contributed by atoms with Crippen LogP contribution in [0, 0.1) is 5.41 Å². The third kappa shape index (κ3) is 3.46. The fourth-order valence-electron chi connectivity index (χ4n) is 3.30. The average Bonchev–Trinajstić information content (AvgIpc) is 2.52. The van der Waals surface area contributed by atoms with Gasteiger partial charge in [0.05, 0.1) is 6.10 Å². The third-order valence-corrected chi connectivity index (χ3v) is 5.92. The third-order valence-electron chi connectivity index (χ3n) is 5.18. The molecule has 118 valence electrons. The van der Waals surface area contributed by atoms with E-state index < -0.39 is 0 Å². The molecule has 4 unspecified atom stereocenters. The monoisotopic (exact) mass is 307 g/mol. The molecule has 1 aliphatic rings. The Kier molecular flexibility index (Phi) is 5.75. The van der Waals surface area contributed by atoms with Crippen molar-refractivity contribution < 1.29 is 4.74 Å². The van der Waals surface area contributed by atoms with Crippen molar-refractivity contribution in [1.82, 2.24) is 5.32 Å². The molecule has 1 saturated carbocycles. The minimum atomic E-state index is 0.267. The first-order valence-corrected chi connectivity index (χ1v) is 9.29. The zero-order valence-corrected chi connectivity index (χ0v) is 14.8. The average molecular weight is 308 g/mol. The summed E-state index contributed by atoms with van der Waals surface area (Å²) in [6, 6.07) is 9.84. The standard InChI is InChI=1S/C18H29NOS/c1-6-18(4)16(12-17(18)20-7-2)19-13(3)14-8-10-15(21-5)11-9-14/h8-11,13,16-17,19H,6-7,12H2,1-5H3. The van der Waals surface area contributed by atoms with Crippen LogP contribution in [0.15, 0.2) is 29.2 Å². The van der Waals surface area contributed by atoms with E-state index >= 15 is 0 Å². The molecule has 21 heavy (non-hydrogen) atoms. The molecule has 1 aromatic carbocycles. The summed E-state index contributed by atoms with van der Waals surface area (Å²) in [5.41, 5.74) is 1.63. The van der Waals surface area contributed by atoms with E-state index in [1.54, 1.807) is 11.8 Å². The molecule has 4 atom stereocenters. The Balaban J connectivity index is 1.97. The van der Waals surface area contributed by atoms with Crippen molar-refractivity contribution in [2.24, 2.45) is 5.41 Å². The first kappa shape index (κ1) is 16.9. The second kappa shape index (κ2) is 7.17. The Morgan fingerprint density at radius 2 is 2.00 bits per heavy atom. The van der Waals surface area contributed by atoms with Gasteiger partial charge in [-0.25, -0.2) is 0 Å². The minimum Gasteiger partial charge on any atom is -0.378 e. The van der Waals surface area contributed by atoms with Crippen LogP contribution < -0.4 is 5.32 Å². The van der Waals surface area contributed by atoms with Crippen LogP contribution in [0.5, 0.6) is 0 Å². The van der Waals surface area contributed by atoms with E-state index in [4.69, 9.17) is 4.74 Å². The zero-order chi connectivity index (χ0) is 15.5. The number of ether oxygens (including phenoxy) is 1. The molecule has 3 heteroatoms. The molecule has 0 aromatic heterocycles. The van der Waals surface area contributed by atoms with Crippen molar-refractivity contribution in [2.45, 2.75) is 63.6 Å². The lowest BCUT2D eigenvalue weighted by atomic mass is 9.61. The van der Waals surface area contributed by atoms with E-state index in [2.05, 4.69) is 63.5 Å². The van der Waals surface area contributed by atoms with Gasteiger partial charge in [0, 0.05) is 29.0 Å². The Bertz CT molecular complexity index is 447. The van der Waals surface area contributed by atoms with Gasteiger partial charge >= 0.3 is 0 Å². The molecule has 0 amide bonds. The number of nitrogens with one attached hydrogen (secondary N) is 1. The lowest BCUT2D eigenvalue weighted by molar-refractivity contribution is -0.127. The quantitative estimate of drug-likeness (QED) is 0.741. The minimum absolute atomic E-state index is 0.267. The van der Waals surface area contributed by atoms with E-state index in [1.807, 2.05) is 0 Å². The molecule has 0 saturated heterocycles. The van der Waals surface area contributed by atoms with E-state index in [0.717, 1.165) is 19.4 Å². The summed E-state index contributed by atoms with van der Waals surface area (Å²) in [4.78, 5) is 1.32. The lowest BCUT2D eigenvalue weighted by Crippen LogP contribution is -2.62. The van der Waals surface area contributed by atoms with E-state index in [1.165, 1.54) is 10.5 Å². The summed E-state index contributed by atoms with van der Waals surface area (Å²) in [6.07, 6.45) is 4.82. The van der Waals surface area contributed by atoms with Crippen molar-refractivity contribution in [2.75, 3.05) is 12.9 Å². The molecule has 1 aromatic rings. The number of rotatable bonds is 7. The normalized spacial score (nSPS) is 30.0. The molecule has 1 N–H and O–H groups in total. The second-order valence-corrected chi connectivity index (χ2v) is 7.13. The van der Waals surface area contributed by atoms with Crippen LogP contribution in [0.25, 0.3) is 0 Å². The van der Waals surface area contributed by atoms with Crippen molar-refractivity contribution in [1.29, 1.82) is 0 Å². The first-order chi connectivity index (χ1) is 10.0. The van der Waals surface area contributed by atoms with Gasteiger partial charge in [-0.15, -0.1) is 11.8 Å². The molecular weight excluding hydrogens is 278 g/mol. The van der Waals surface area contributed by atoms with Crippen molar-refractivity contribution in [3.8, 4) is 0 Å². The Hall–Kier alpha value is -0.510. The molecule has 1 aliphatic carbocycles. The van der Waals surface area contributed by atoms with Crippen LogP contribution in [0.2, 0.25) is 0 Å². The van der Waals surface area contributed by atoms with Gasteiger partial charge in [0.1, 0.15) is 0 Å². The van der Waals surface area contributed by atoms with Crippen LogP contribution in [0.3, 0.4) is 0 Å². The van der Waals surface area contributed by atoms with Gasteiger partial charge in [0.15, 0.2) is 0 Å². The first-order valence-electron chi connectivity index (χ1n) is 8.06. The summed E-state index contributed by atoms with van der Waals surface area (Å²) in [5, 5.41) is 3.81. The Morgan fingerprint density at radius 1 is 1.33 bits per heavy atom. The Labute approximate surface area is 134 Å². The summed E-state index contributed by atoms with van der Waals surface area (Å²) in [6.45, 7) is 9.81. The number of hydrogen-bond donors (Lipinski definition) is 1. The predicted molar refractivity (Wildman–Crippen MR) is 92.0 cm³/mol.